The molecule has 3 rings (SSSR count). The Morgan fingerprint density at radius 1 is 0.941 bits per heavy atom. The molecule has 2 aromatic rings. The Morgan fingerprint density at radius 2 is 1.50 bits per heavy atom. The molecule has 0 N–H and O–H groups in total. The Labute approximate surface area is 192 Å². The molecule has 2 aromatic carbocycles. The Hall–Kier alpha value is -3.02. The molecule has 9 heteroatoms. The molecule has 1 saturated carbocycles. The quantitative estimate of drug-likeness (QED) is 0.190. The number of carbonyl (C=O) groups is 1. The van der Waals surface area contributed by atoms with Crippen molar-refractivity contribution < 1.29 is 40.3 Å². The lowest BCUT2D eigenvalue weighted by Gasteiger charge is -2.28. The molecule has 0 bridgehead atoms. The van der Waals surface area contributed by atoms with Crippen LogP contribution in [0.2, 0.25) is 0 Å². The second-order valence-corrected chi connectivity index (χ2v) is 8.27. The van der Waals surface area contributed by atoms with Crippen LogP contribution in [-0.2, 0) is 0 Å². The van der Waals surface area contributed by atoms with Gasteiger partial charge in [0.25, 0.3) is 0 Å². The highest BCUT2D eigenvalue weighted by molar-refractivity contribution is 5.91. The Bertz CT molecular complexity index is 1070. The van der Waals surface area contributed by atoms with Gasteiger partial charge < -0.3 is 4.74 Å². The maximum Gasteiger partial charge on any atom is 0.458 e. The van der Waals surface area contributed by atoms with Crippen molar-refractivity contribution in [2.45, 2.75) is 57.5 Å². The average molecular weight is 486 g/mol. The number of halogens is 7. The van der Waals surface area contributed by atoms with E-state index in [2.05, 4.69) is 11.7 Å². The van der Waals surface area contributed by atoms with E-state index < -0.39 is 52.3 Å². The zero-order valence-corrected chi connectivity index (χ0v) is 18.2. The normalized spacial score (nSPS) is 18.2. The molecular weight excluding hydrogens is 465 g/mol. The number of rotatable bonds is 5. The van der Waals surface area contributed by atoms with Crippen LogP contribution in [0.25, 0.3) is 0 Å². The number of hydrogen-bond acceptors (Lipinski definition) is 2. The number of esters is 1. The summed E-state index contributed by atoms with van der Waals surface area (Å²) in [5.41, 5.74) is -1.80. The first-order valence-electron chi connectivity index (χ1n) is 10.8. The van der Waals surface area contributed by atoms with Crippen molar-refractivity contribution in [1.29, 1.82) is 0 Å². The second kappa shape index (κ2) is 10.5. The van der Waals surface area contributed by atoms with Gasteiger partial charge in [-0.25, -0.2) is 22.4 Å². The Balaban J connectivity index is 1.77. The molecule has 0 aromatic heterocycles. The molecule has 0 atom stereocenters. The lowest BCUT2D eigenvalue weighted by molar-refractivity contribution is -0.0696. The molecule has 182 valence electrons. The number of benzene rings is 2. The molecule has 0 spiro atoms. The largest absolute Gasteiger partial charge is 0.458 e. The van der Waals surface area contributed by atoms with Crippen molar-refractivity contribution in [1.82, 2.24) is 0 Å². The lowest BCUT2D eigenvalue weighted by atomic mass is 9.77. The highest BCUT2D eigenvalue weighted by Gasteiger charge is 2.27. The van der Waals surface area contributed by atoms with E-state index in [0.29, 0.717) is 23.6 Å². The standard InChI is InChI=1S/C25H21F7O2/c1-2-3-14-4-6-15(7-5-14)16-10-21(28)23(22(29)11-16)24(33)34-17-12-19(26)18(20(27)13-17)8-9-25(30,31)32/h10-15H,2-7H2,1H3. The van der Waals surface area contributed by atoms with Gasteiger partial charge in [-0.15, -0.1) is 0 Å². The van der Waals surface area contributed by atoms with Gasteiger partial charge in [0.15, 0.2) is 0 Å². The van der Waals surface area contributed by atoms with Crippen molar-refractivity contribution in [3.8, 4) is 17.6 Å². The van der Waals surface area contributed by atoms with E-state index in [9.17, 15) is 35.5 Å². The van der Waals surface area contributed by atoms with Crippen LogP contribution in [0, 0.1) is 41.0 Å². The number of carbonyl (C=O) groups excluding carboxylic acids is 1. The number of alkyl halides is 3. The van der Waals surface area contributed by atoms with E-state index in [0.717, 1.165) is 56.6 Å². The fourth-order valence-corrected chi connectivity index (χ4v) is 4.24. The van der Waals surface area contributed by atoms with Crippen LogP contribution in [-0.4, -0.2) is 12.1 Å². The Morgan fingerprint density at radius 3 is 2.00 bits per heavy atom. The molecule has 0 radical (unpaired) electrons. The molecule has 2 nitrogen and oxygen atoms in total. The van der Waals surface area contributed by atoms with Gasteiger partial charge in [0.1, 0.15) is 34.6 Å². The Kier molecular flexibility index (Phi) is 7.90. The van der Waals surface area contributed by atoms with E-state index >= 15 is 0 Å². The zero-order chi connectivity index (χ0) is 25.0. The molecule has 0 unspecified atom stereocenters. The third kappa shape index (κ3) is 6.31. The summed E-state index contributed by atoms with van der Waals surface area (Å²) in [4.78, 5) is 12.3. The van der Waals surface area contributed by atoms with Gasteiger partial charge in [-0.1, -0.05) is 25.7 Å². The lowest BCUT2D eigenvalue weighted by Crippen LogP contribution is -2.17. The van der Waals surface area contributed by atoms with Crippen molar-refractivity contribution in [2.24, 2.45) is 5.92 Å². The minimum absolute atomic E-state index is 0.0456. The average Bonchev–Trinajstić information content (AvgIpc) is 2.72. The minimum Gasteiger partial charge on any atom is -0.423 e. The van der Waals surface area contributed by atoms with Gasteiger partial charge in [-0.05, 0) is 55.2 Å². The minimum atomic E-state index is -4.97. The summed E-state index contributed by atoms with van der Waals surface area (Å²) in [6.07, 6.45) is 0.660. The smallest absolute Gasteiger partial charge is 0.423 e. The van der Waals surface area contributed by atoms with Crippen LogP contribution in [0.3, 0.4) is 0 Å². The summed E-state index contributed by atoms with van der Waals surface area (Å²) >= 11 is 0. The van der Waals surface area contributed by atoms with Crippen LogP contribution in [0.5, 0.6) is 5.75 Å². The first-order chi connectivity index (χ1) is 16.0. The van der Waals surface area contributed by atoms with E-state index in [4.69, 9.17) is 0 Å². The topological polar surface area (TPSA) is 26.3 Å². The van der Waals surface area contributed by atoms with E-state index in [1.807, 2.05) is 0 Å². The van der Waals surface area contributed by atoms with Crippen molar-refractivity contribution in [2.75, 3.05) is 0 Å². The molecule has 0 aliphatic heterocycles. The zero-order valence-electron chi connectivity index (χ0n) is 18.2. The van der Waals surface area contributed by atoms with Gasteiger partial charge >= 0.3 is 12.1 Å². The fraction of sp³-hybridized carbons (Fsp3) is 0.400. The molecule has 34 heavy (non-hydrogen) atoms. The van der Waals surface area contributed by atoms with Gasteiger partial charge in [0.05, 0.1) is 5.56 Å². The van der Waals surface area contributed by atoms with Crippen LogP contribution in [0.4, 0.5) is 30.7 Å². The molecule has 0 saturated heterocycles. The maximum absolute atomic E-state index is 14.6. The summed E-state index contributed by atoms with van der Waals surface area (Å²) in [5, 5.41) is 0. The molecular formula is C25H21F7O2. The summed E-state index contributed by atoms with van der Waals surface area (Å²) < 4.78 is 98.4. The molecule has 0 amide bonds. The fourth-order valence-electron chi connectivity index (χ4n) is 4.24. The van der Waals surface area contributed by atoms with Gasteiger partial charge in [-0.2, -0.15) is 13.2 Å². The monoisotopic (exact) mass is 486 g/mol. The van der Waals surface area contributed by atoms with Crippen molar-refractivity contribution >= 4 is 5.97 Å². The van der Waals surface area contributed by atoms with Gasteiger partial charge in [-0.3, -0.25) is 0 Å². The predicted octanol–water partition coefficient (Wildman–Crippen LogP) is 7.45. The molecule has 1 fully saturated rings. The first kappa shape index (κ1) is 25.6. The highest BCUT2D eigenvalue weighted by atomic mass is 19.4. The third-order valence-electron chi connectivity index (χ3n) is 5.84. The molecule has 1 aliphatic carbocycles. The van der Waals surface area contributed by atoms with Crippen LogP contribution < -0.4 is 4.74 Å². The summed E-state index contributed by atoms with van der Waals surface area (Å²) in [6.45, 7) is 2.10. The maximum atomic E-state index is 14.6. The summed E-state index contributed by atoms with van der Waals surface area (Å²) in [5.74, 6) is -5.16. The summed E-state index contributed by atoms with van der Waals surface area (Å²) in [6, 6.07) is 2.92. The van der Waals surface area contributed by atoms with Crippen LogP contribution in [0.15, 0.2) is 24.3 Å². The first-order valence-corrected chi connectivity index (χ1v) is 10.8. The van der Waals surface area contributed by atoms with E-state index in [-0.39, 0.29) is 5.92 Å². The molecule has 0 heterocycles. The van der Waals surface area contributed by atoms with Crippen molar-refractivity contribution in [3.05, 3.63) is 64.2 Å². The van der Waals surface area contributed by atoms with E-state index in [1.54, 1.807) is 0 Å². The molecule has 1 aliphatic rings. The van der Waals surface area contributed by atoms with Gasteiger partial charge in [0.2, 0.25) is 0 Å². The second-order valence-electron chi connectivity index (χ2n) is 8.27. The number of ether oxygens (including phenoxy) is 1. The van der Waals surface area contributed by atoms with Crippen LogP contribution >= 0.6 is 0 Å². The third-order valence-corrected chi connectivity index (χ3v) is 5.84. The van der Waals surface area contributed by atoms with Gasteiger partial charge in [0, 0.05) is 18.1 Å². The predicted molar refractivity (Wildman–Crippen MR) is 110 cm³/mol. The highest BCUT2D eigenvalue weighted by Crippen LogP contribution is 2.38. The SMILES string of the molecule is CCCC1CCC(c2cc(F)c(C(=O)Oc3cc(F)c(C#CC(F)(F)F)c(F)c3)c(F)c2)CC1. The van der Waals surface area contributed by atoms with Crippen molar-refractivity contribution in [3.63, 3.8) is 0 Å². The van der Waals surface area contributed by atoms with E-state index in [1.165, 1.54) is 5.92 Å². The summed E-state index contributed by atoms with van der Waals surface area (Å²) in [7, 11) is 0. The number of hydrogen-bond donors (Lipinski definition) is 0. The van der Waals surface area contributed by atoms with Crippen LogP contribution in [0.1, 0.15) is 72.9 Å².